The predicted molar refractivity (Wildman–Crippen MR) is 51.3 cm³/mol. The molecule has 1 aromatic rings. The van der Waals surface area contributed by atoms with Gasteiger partial charge >= 0.3 is 7.82 Å². The lowest BCUT2D eigenvalue weighted by atomic mass is 10.4. The van der Waals surface area contributed by atoms with E-state index in [0.717, 1.165) is 5.69 Å². The standard InChI is InChI=1S/C7H8N2O.H3O4P/c1-9-5-3-2-4-7(9)6-8-10;1-5(2,3)4/h2-6H,1H3;(H3,1,2,3,4)/p+1. The molecule has 0 unspecified atom stereocenters. The number of oxime groups is 1. The van der Waals surface area contributed by atoms with Crippen LogP contribution in [0.4, 0.5) is 0 Å². The van der Waals surface area contributed by atoms with E-state index in [1.807, 2.05) is 36.0 Å². The van der Waals surface area contributed by atoms with Crippen molar-refractivity contribution in [3.63, 3.8) is 0 Å². The molecular formula is C7H12N2O5P+. The molecule has 0 aliphatic carbocycles. The topological polar surface area (TPSA) is 114 Å². The Morgan fingerprint density at radius 2 is 1.93 bits per heavy atom. The molecule has 15 heavy (non-hydrogen) atoms. The van der Waals surface area contributed by atoms with E-state index in [9.17, 15) is 0 Å². The number of rotatable bonds is 1. The van der Waals surface area contributed by atoms with Crippen LogP contribution in [0.5, 0.6) is 0 Å². The number of hydrogen-bond acceptors (Lipinski definition) is 3. The first kappa shape index (κ1) is 13.7. The van der Waals surface area contributed by atoms with Gasteiger partial charge in [-0.2, -0.15) is 0 Å². The van der Waals surface area contributed by atoms with Crippen molar-refractivity contribution in [2.24, 2.45) is 12.2 Å². The molecule has 0 fully saturated rings. The number of phosphoric acid groups is 1. The fraction of sp³-hybridized carbons (Fsp3) is 0.143. The van der Waals surface area contributed by atoms with E-state index in [0.29, 0.717) is 0 Å². The third-order valence-electron chi connectivity index (χ3n) is 1.29. The van der Waals surface area contributed by atoms with E-state index in [1.165, 1.54) is 6.21 Å². The predicted octanol–water partition coefficient (Wildman–Crippen LogP) is -0.609. The zero-order valence-corrected chi connectivity index (χ0v) is 8.82. The van der Waals surface area contributed by atoms with E-state index < -0.39 is 7.82 Å². The molecule has 0 saturated heterocycles. The maximum atomic E-state index is 8.88. The van der Waals surface area contributed by atoms with Gasteiger partial charge < -0.3 is 19.9 Å². The van der Waals surface area contributed by atoms with Crippen LogP contribution in [0.3, 0.4) is 0 Å². The van der Waals surface area contributed by atoms with Crippen molar-refractivity contribution < 1.29 is 29.0 Å². The number of aryl methyl sites for hydroxylation is 1. The van der Waals surface area contributed by atoms with Gasteiger partial charge in [0, 0.05) is 12.1 Å². The number of pyridine rings is 1. The van der Waals surface area contributed by atoms with E-state index in [2.05, 4.69) is 5.16 Å². The van der Waals surface area contributed by atoms with E-state index in [4.69, 9.17) is 24.5 Å². The first-order valence-electron chi connectivity index (χ1n) is 3.75. The second-order valence-electron chi connectivity index (χ2n) is 2.49. The summed E-state index contributed by atoms with van der Waals surface area (Å²) in [6.45, 7) is 0. The summed E-state index contributed by atoms with van der Waals surface area (Å²) in [5, 5.41) is 11.1. The van der Waals surface area contributed by atoms with Crippen LogP contribution in [-0.2, 0) is 11.6 Å². The summed E-state index contributed by atoms with van der Waals surface area (Å²) in [5.74, 6) is 0. The molecule has 0 spiro atoms. The first-order valence-corrected chi connectivity index (χ1v) is 5.31. The molecule has 1 heterocycles. The molecule has 0 aromatic carbocycles. The van der Waals surface area contributed by atoms with Crippen LogP contribution < -0.4 is 4.57 Å². The highest BCUT2D eigenvalue weighted by atomic mass is 31.2. The molecule has 0 bridgehead atoms. The van der Waals surface area contributed by atoms with Crippen LogP contribution in [0.25, 0.3) is 0 Å². The smallest absolute Gasteiger partial charge is 0.411 e. The molecule has 0 radical (unpaired) electrons. The van der Waals surface area contributed by atoms with Crippen LogP contribution in [0.2, 0.25) is 0 Å². The van der Waals surface area contributed by atoms with Crippen LogP contribution >= 0.6 is 7.82 Å². The summed E-state index contributed by atoms with van der Waals surface area (Å²) < 4.78 is 10.7. The third kappa shape index (κ3) is 9.04. The lowest BCUT2D eigenvalue weighted by molar-refractivity contribution is -0.672. The second kappa shape index (κ2) is 6.26. The van der Waals surface area contributed by atoms with Gasteiger partial charge in [-0.1, -0.05) is 5.16 Å². The largest absolute Gasteiger partial charge is 0.466 e. The van der Waals surface area contributed by atoms with Crippen molar-refractivity contribution in [3.8, 4) is 0 Å². The fourth-order valence-electron chi connectivity index (χ4n) is 0.730. The molecule has 84 valence electrons. The van der Waals surface area contributed by atoms with Gasteiger partial charge in [-0.15, -0.1) is 0 Å². The molecule has 0 amide bonds. The Balaban J connectivity index is 0.000000336. The van der Waals surface area contributed by atoms with Gasteiger partial charge in [-0.25, -0.2) is 9.13 Å². The summed E-state index contributed by atoms with van der Waals surface area (Å²) in [5.41, 5.74) is 0.866. The highest BCUT2D eigenvalue weighted by Gasteiger charge is 2.00. The Morgan fingerprint density at radius 3 is 2.33 bits per heavy atom. The highest BCUT2D eigenvalue weighted by molar-refractivity contribution is 7.45. The lowest BCUT2D eigenvalue weighted by Gasteiger charge is -1.88. The summed E-state index contributed by atoms with van der Waals surface area (Å²) >= 11 is 0. The minimum atomic E-state index is -4.64. The van der Waals surface area contributed by atoms with Gasteiger partial charge in [-0.3, -0.25) is 0 Å². The molecule has 1 rings (SSSR count). The molecule has 1 aromatic heterocycles. The first-order chi connectivity index (χ1) is 6.84. The Hall–Kier alpha value is -1.27. The Morgan fingerprint density at radius 1 is 1.40 bits per heavy atom. The monoisotopic (exact) mass is 235 g/mol. The Bertz CT molecular complexity index is 367. The van der Waals surface area contributed by atoms with Crippen LogP contribution in [-0.4, -0.2) is 26.1 Å². The maximum absolute atomic E-state index is 8.88. The SMILES string of the molecule is C[n+]1ccccc1C=NO.O=P(O)(O)O. The van der Waals surface area contributed by atoms with Crippen molar-refractivity contribution in [2.45, 2.75) is 0 Å². The van der Waals surface area contributed by atoms with Crippen LogP contribution in [0.15, 0.2) is 29.6 Å². The minimum absolute atomic E-state index is 0.866. The van der Waals surface area contributed by atoms with E-state index >= 15 is 0 Å². The molecule has 0 aliphatic rings. The van der Waals surface area contributed by atoms with Gasteiger partial charge in [-0.05, 0) is 6.07 Å². The van der Waals surface area contributed by atoms with Crippen molar-refractivity contribution in [3.05, 3.63) is 30.1 Å². The van der Waals surface area contributed by atoms with Crippen LogP contribution in [0.1, 0.15) is 5.69 Å². The molecule has 0 aliphatic heterocycles. The summed E-state index contributed by atoms with van der Waals surface area (Å²) in [4.78, 5) is 21.6. The highest BCUT2D eigenvalue weighted by Crippen LogP contribution is 2.25. The minimum Gasteiger partial charge on any atom is -0.411 e. The molecule has 0 saturated carbocycles. The van der Waals surface area contributed by atoms with Crippen molar-refractivity contribution >= 4 is 14.0 Å². The van der Waals surface area contributed by atoms with Crippen molar-refractivity contribution in [2.75, 3.05) is 0 Å². The van der Waals surface area contributed by atoms with Gasteiger partial charge in [0.15, 0.2) is 6.20 Å². The van der Waals surface area contributed by atoms with Crippen molar-refractivity contribution in [1.82, 2.24) is 0 Å². The fourth-order valence-corrected chi connectivity index (χ4v) is 0.730. The number of aromatic nitrogens is 1. The average Bonchev–Trinajstić information content (AvgIpc) is 2.06. The van der Waals surface area contributed by atoms with Crippen LogP contribution in [0, 0.1) is 0 Å². The molecular weight excluding hydrogens is 223 g/mol. The van der Waals surface area contributed by atoms with Gasteiger partial charge in [0.05, 0.1) is 0 Å². The second-order valence-corrected chi connectivity index (χ2v) is 3.52. The summed E-state index contributed by atoms with van der Waals surface area (Å²) in [6, 6.07) is 5.66. The molecule has 7 nitrogen and oxygen atoms in total. The molecule has 8 heteroatoms. The van der Waals surface area contributed by atoms with Gasteiger partial charge in [0.1, 0.15) is 13.3 Å². The summed E-state index contributed by atoms with van der Waals surface area (Å²) in [6.07, 6.45) is 3.27. The van der Waals surface area contributed by atoms with Gasteiger partial charge in [0.25, 0.3) is 0 Å². The molecule has 4 N–H and O–H groups in total. The average molecular weight is 235 g/mol. The Labute approximate surface area is 86.2 Å². The number of hydrogen-bond donors (Lipinski definition) is 4. The normalized spacial score (nSPS) is 10.9. The summed E-state index contributed by atoms with van der Waals surface area (Å²) in [7, 11) is -2.75. The van der Waals surface area contributed by atoms with Gasteiger partial charge in [0.2, 0.25) is 5.69 Å². The third-order valence-corrected chi connectivity index (χ3v) is 1.29. The van der Waals surface area contributed by atoms with Crippen molar-refractivity contribution in [1.29, 1.82) is 0 Å². The zero-order valence-electron chi connectivity index (χ0n) is 7.93. The number of nitrogens with zero attached hydrogens (tertiary/aromatic N) is 2. The quantitative estimate of drug-likeness (QED) is 0.170. The lowest BCUT2D eigenvalue weighted by Crippen LogP contribution is -2.32. The molecule has 0 atom stereocenters. The van der Waals surface area contributed by atoms with E-state index in [1.54, 1.807) is 0 Å². The zero-order chi connectivity index (χ0) is 11.9. The maximum Gasteiger partial charge on any atom is 0.466 e. The Kier molecular flexibility index (Phi) is 5.73. The van der Waals surface area contributed by atoms with E-state index in [-0.39, 0.29) is 0 Å².